The Labute approximate surface area is 128 Å². The van der Waals surface area contributed by atoms with E-state index in [1.807, 2.05) is 6.07 Å². The molecule has 1 aliphatic carbocycles. The summed E-state index contributed by atoms with van der Waals surface area (Å²) in [5, 5.41) is 3.81. The molecule has 1 aliphatic rings. The van der Waals surface area contributed by atoms with Crippen molar-refractivity contribution in [3.8, 4) is 0 Å². The van der Waals surface area contributed by atoms with Crippen LogP contribution in [-0.2, 0) is 0 Å². The van der Waals surface area contributed by atoms with E-state index >= 15 is 0 Å². The fraction of sp³-hybridized carbons (Fsp3) is 0.722. The number of nitrogens with zero attached hydrogens (tertiary/aromatic N) is 1. The van der Waals surface area contributed by atoms with Crippen LogP contribution < -0.4 is 5.32 Å². The van der Waals surface area contributed by atoms with E-state index in [1.165, 1.54) is 37.9 Å². The predicted molar refractivity (Wildman–Crippen MR) is 85.6 cm³/mol. The van der Waals surface area contributed by atoms with Gasteiger partial charge in [0.05, 0.1) is 11.9 Å². The molecule has 1 heterocycles. The lowest BCUT2D eigenvalue weighted by molar-refractivity contribution is 0.122. The molecule has 2 nitrogen and oxygen atoms in total. The molecule has 0 spiro atoms. The van der Waals surface area contributed by atoms with Crippen LogP contribution in [0, 0.1) is 17.2 Å². The Morgan fingerprint density at radius 3 is 2.57 bits per heavy atom. The van der Waals surface area contributed by atoms with Gasteiger partial charge in [-0.1, -0.05) is 40.5 Å². The third-order valence-electron chi connectivity index (χ3n) is 4.81. The van der Waals surface area contributed by atoms with Crippen LogP contribution in [-0.4, -0.2) is 11.0 Å². The van der Waals surface area contributed by atoms with Gasteiger partial charge in [0, 0.05) is 12.1 Å². The second kappa shape index (κ2) is 6.87. The molecule has 2 rings (SSSR count). The summed E-state index contributed by atoms with van der Waals surface area (Å²) >= 11 is 0. The van der Waals surface area contributed by atoms with Gasteiger partial charge in [-0.25, -0.2) is 4.39 Å². The summed E-state index contributed by atoms with van der Waals surface area (Å²) in [6.45, 7) is 9.19. The first kappa shape index (κ1) is 16.4. The molecule has 1 N–H and O–H groups in total. The zero-order chi connectivity index (χ0) is 15.5. The minimum Gasteiger partial charge on any atom is -0.306 e. The SMILES string of the molecule is CCC(NC1CCCCC1C(C)(C)C)c1ccc(F)cn1. The van der Waals surface area contributed by atoms with Gasteiger partial charge in [-0.15, -0.1) is 0 Å². The van der Waals surface area contributed by atoms with Crippen molar-refractivity contribution in [3.05, 3.63) is 29.8 Å². The molecule has 0 amide bonds. The van der Waals surface area contributed by atoms with Gasteiger partial charge in [-0.3, -0.25) is 4.98 Å². The Kier molecular flexibility index (Phi) is 5.37. The molecule has 1 aromatic rings. The summed E-state index contributed by atoms with van der Waals surface area (Å²) in [6.07, 6.45) is 7.48. The van der Waals surface area contributed by atoms with Gasteiger partial charge in [-0.2, -0.15) is 0 Å². The molecule has 0 radical (unpaired) electrons. The van der Waals surface area contributed by atoms with Gasteiger partial charge < -0.3 is 5.32 Å². The number of hydrogen-bond donors (Lipinski definition) is 1. The number of aromatic nitrogens is 1. The Bertz CT molecular complexity index is 436. The summed E-state index contributed by atoms with van der Waals surface area (Å²) in [5.74, 6) is 0.430. The van der Waals surface area contributed by atoms with E-state index in [0.717, 1.165) is 12.1 Å². The van der Waals surface area contributed by atoms with Crippen LogP contribution in [0.4, 0.5) is 4.39 Å². The minimum absolute atomic E-state index is 0.221. The van der Waals surface area contributed by atoms with E-state index in [2.05, 4.69) is 38.0 Å². The first-order valence-electron chi connectivity index (χ1n) is 8.29. The maximum Gasteiger partial charge on any atom is 0.141 e. The van der Waals surface area contributed by atoms with Crippen molar-refractivity contribution in [3.63, 3.8) is 0 Å². The summed E-state index contributed by atoms with van der Waals surface area (Å²) in [5.41, 5.74) is 1.28. The molecule has 21 heavy (non-hydrogen) atoms. The lowest BCUT2D eigenvalue weighted by Crippen LogP contribution is -2.45. The highest BCUT2D eigenvalue weighted by atomic mass is 19.1. The van der Waals surface area contributed by atoms with E-state index in [4.69, 9.17) is 0 Å². The van der Waals surface area contributed by atoms with Crippen molar-refractivity contribution in [2.45, 2.75) is 71.9 Å². The Morgan fingerprint density at radius 1 is 1.29 bits per heavy atom. The van der Waals surface area contributed by atoms with Gasteiger partial charge in [-0.05, 0) is 42.7 Å². The first-order chi connectivity index (χ1) is 9.91. The van der Waals surface area contributed by atoms with Crippen molar-refractivity contribution < 1.29 is 4.39 Å². The fourth-order valence-corrected chi connectivity index (χ4v) is 3.63. The monoisotopic (exact) mass is 292 g/mol. The summed E-state index contributed by atoms with van der Waals surface area (Å²) in [7, 11) is 0. The van der Waals surface area contributed by atoms with E-state index < -0.39 is 0 Å². The maximum atomic E-state index is 13.0. The van der Waals surface area contributed by atoms with Gasteiger partial charge in [0.15, 0.2) is 0 Å². The Balaban J connectivity index is 2.10. The van der Waals surface area contributed by atoms with Gasteiger partial charge in [0.1, 0.15) is 5.82 Å². The molecule has 3 atom stereocenters. The largest absolute Gasteiger partial charge is 0.306 e. The van der Waals surface area contributed by atoms with Gasteiger partial charge >= 0.3 is 0 Å². The normalized spacial score (nSPS) is 24.8. The number of halogens is 1. The molecule has 0 bridgehead atoms. The molecule has 1 saturated carbocycles. The van der Waals surface area contributed by atoms with Crippen molar-refractivity contribution in [1.29, 1.82) is 0 Å². The molecule has 0 aliphatic heterocycles. The summed E-state index contributed by atoms with van der Waals surface area (Å²) in [4.78, 5) is 4.26. The standard InChI is InChI=1S/C18H29FN2/c1-5-15(17-11-10-13(19)12-20-17)21-16-9-7-6-8-14(16)18(2,3)4/h10-12,14-16,21H,5-9H2,1-4H3. The lowest BCUT2D eigenvalue weighted by atomic mass is 9.69. The summed E-state index contributed by atoms with van der Waals surface area (Å²) < 4.78 is 13.0. The summed E-state index contributed by atoms with van der Waals surface area (Å²) in [6, 6.07) is 4.08. The quantitative estimate of drug-likeness (QED) is 0.856. The number of hydrogen-bond acceptors (Lipinski definition) is 2. The predicted octanol–water partition coefficient (Wildman–Crippen LogP) is 4.87. The zero-order valence-electron chi connectivity index (χ0n) is 13.8. The van der Waals surface area contributed by atoms with Crippen LogP contribution in [0.1, 0.15) is 71.5 Å². The average Bonchev–Trinajstić information content (AvgIpc) is 2.45. The molecule has 0 saturated heterocycles. The van der Waals surface area contributed by atoms with E-state index in [9.17, 15) is 4.39 Å². The third-order valence-corrected chi connectivity index (χ3v) is 4.81. The van der Waals surface area contributed by atoms with E-state index in [-0.39, 0.29) is 11.9 Å². The van der Waals surface area contributed by atoms with Crippen molar-refractivity contribution in [2.75, 3.05) is 0 Å². The van der Waals surface area contributed by atoms with Crippen LogP contribution in [0.25, 0.3) is 0 Å². The molecular formula is C18H29FN2. The zero-order valence-corrected chi connectivity index (χ0v) is 13.8. The van der Waals surface area contributed by atoms with Crippen LogP contribution in [0.5, 0.6) is 0 Å². The van der Waals surface area contributed by atoms with Crippen LogP contribution in [0.15, 0.2) is 18.3 Å². The van der Waals surface area contributed by atoms with Crippen molar-refractivity contribution in [1.82, 2.24) is 10.3 Å². The fourth-order valence-electron chi connectivity index (χ4n) is 3.63. The van der Waals surface area contributed by atoms with Gasteiger partial charge in [0.2, 0.25) is 0 Å². The lowest BCUT2D eigenvalue weighted by Gasteiger charge is -2.42. The van der Waals surface area contributed by atoms with Crippen molar-refractivity contribution >= 4 is 0 Å². The van der Waals surface area contributed by atoms with E-state index in [0.29, 0.717) is 17.4 Å². The molecule has 0 aromatic carbocycles. The highest BCUT2D eigenvalue weighted by molar-refractivity contribution is 5.10. The van der Waals surface area contributed by atoms with Gasteiger partial charge in [0.25, 0.3) is 0 Å². The number of rotatable bonds is 4. The third kappa shape index (κ3) is 4.26. The molecule has 1 fully saturated rings. The smallest absolute Gasteiger partial charge is 0.141 e. The van der Waals surface area contributed by atoms with Crippen LogP contribution in [0.3, 0.4) is 0 Å². The maximum absolute atomic E-state index is 13.0. The minimum atomic E-state index is -0.265. The Morgan fingerprint density at radius 2 is 2.00 bits per heavy atom. The molecule has 3 heteroatoms. The topological polar surface area (TPSA) is 24.9 Å². The molecular weight excluding hydrogens is 263 g/mol. The molecule has 118 valence electrons. The second-order valence-corrected chi connectivity index (χ2v) is 7.39. The molecule has 1 aromatic heterocycles. The first-order valence-corrected chi connectivity index (χ1v) is 8.29. The highest BCUT2D eigenvalue weighted by Gasteiger charge is 2.35. The average molecular weight is 292 g/mol. The highest BCUT2D eigenvalue weighted by Crippen LogP contribution is 2.39. The number of nitrogens with one attached hydrogen (secondary N) is 1. The molecule has 3 unspecified atom stereocenters. The number of pyridine rings is 1. The van der Waals surface area contributed by atoms with Crippen molar-refractivity contribution in [2.24, 2.45) is 11.3 Å². The van der Waals surface area contributed by atoms with Crippen LogP contribution >= 0.6 is 0 Å². The second-order valence-electron chi connectivity index (χ2n) is 7.39. The van der Waals surface area contributed by atoms with Crippen LogP contribution in [0.2, 0.25) is 0 Å². The Hall–Kier alpha value is -0.960. The van der Waals surface area contributed by atoms with E-state index in [1.54, 1.807) is 0 Å².